The fourth-order valence-electron chi connectivity index (χ4n) is 3.08. The van der Waals surface area contributed by atoms with E-state index in [1.165, 1.54) is 12.1 Å². The summed E-state index contributed by atoms with van der Waals surface area (Å²) in [4.78, 5) is 22.2. The molecule has 1 aliphatic rings. The van der Waals surface area contributed by atoms with Gasteiger partial charge in [0.25, 0.3) is 5.69 Å². The number of carbonyl (C=O) groups excluding carboxylic acids is 1. The smallest absolute Gasteiger partial charge is 0.269 e. The van der Waals surface area contributed by atoms with E-state index >= 15 is 0 Å². The van der Waals surface area contributed by atoms with E-state index < -0.39 is 4.92 Å². The average Bonchev–Trinajstić information content (AvgIpc) is 2.59. The highest BCUT2D eigenvalue weighted by Gasteiger charge is 2.25. The van der Waals surface area contributed by atoms with Gasteiger partial charge in [0, 0.05) is 49.4 Å². The summed E-state index contributed by atoms with van der Waals surface area (Å²) < 4.78 is 0. The maximum Gasteiger partial charge on any atom is 0.269 e. The second-order valence-electron chi connectivity index (χ2n) is 6.24. The van der Waals surface area contributed by atoms with E-state index in [1.54, 1.807) is 12.1 Å². The van der Waals surface area contributed by atoms with Crippen molar-refractivity contribution in [2.24, 2.45) is 5.92 Å². The molecule has 3 N–H and O–H groups in total. The van der Waals surface area contributed by atoms with Crippen molar-refractivity contribution in [3.8, 4) is 0 Å². The predicted octanol–water partition coefficient (Wildman–Crippen LogP) is 2.45. The van der Waals surface area contributed by atoms with Crippen LogP contribution in [0.25, 0.3) is 0 Å². The molecule has 1 amide bonds. The van der Waals surface area contributed by atoms with Gasteiger partial charge in [0.05, 0.1) is 4.92 Å². The molecule has 1 aromatic carbocycles. The van der Waals surface area contributed by atoms with Crippen molar-refractivity contribution in [2.75, 3.05) is 18.5 Å². The fourth-order valence-corrected chi connectivity index (χ4v) is 3.08. The Morgan fingerprint density at radius 2 is 1.96 bits per heavy atom. The van der Waals surface area contributed by atoms with Crippen LogP contribution in [0.2, 0.25) is 0 Å². The highest BCUT2D eigenvalue weighted by atomic mass is 16.6. The summed E-state index contributed by atoms with van der Waals surface area (Å²) in [6, 6.07) is 6.32. The minimum Gasteiger partial charge on any atom is -0.396 e. The minimum atomic E-state index is -0.432. The molecule has 1 aromatic rings. The van der Waals surface area contributed by atoms with Crippen LogP contribution in [-0.4, -0.2) is 35.1 Å². The first-order chi connectivity index (χ1) is 11.6. The van der Waals surface area contributed by atoms with E-state index in [9.17, 15) is 20.0 Å². The van der Waals surface area contributed by atoms with Gasteiger partial charge in [-0.2, -0.15) is 0 Å². The molecule has 0 spiro atoms. The number of nitrogens with zero attached hydrogens (tertiary/aromatic N) is 1. The Hall–Kier alpha value is -2.15. The van der Waals surface area contributed by atoms with Crippen molar-refractivity contribution < 1.29 is 14.8 Å². The van der Waals surface area contributed by atoms with Gasteiger partial charge in [0.15, 0.2) is 0 Å². The molecule has 1 fully saturated rings. The maximum absolute atomic E-state index is 12.0. The number of benzene rings is 1. The summed E-state index contributed by atoms with van der Waals surface area (Å²) >= 11 is 0. The van der Waals surface area contributed by atoms with Crippen LogP contribution in [-0.2, 0) is 4.79 Å². The van der Waals surface area contributed by atoms with Gasteiger partial charge in [-0.25, -0.2) is 0 Å². The largest absolute Gasteiger partial charge is 0.396 e. The van der Waals surface area contributed by atoms with E-state index in [1.807, 2.05) is 0 Å². The van der Waals surface area contributed by atoms with Crippen LogP contribution >= 0.6 is 0 Å². The molecule has 1 saturated carbocycles. The second kappa shape index (κ2) is 9.22. The van der Waals surface area contributed by atoms with Gasteiger partial charge in [-0.3, -0.25) is 14.9 Å². The van der Waals surface area contributed by atoms with Crippen LogP contribution in [0.1, 0.15) is 38.5 Å². The van der Waals surface area contributed by atoms with Crippen molar-refractivity contribution >= 4 is 17.3 Å². The molecule has 0 aromatic heterocycles. The number of nitrogens with one attached hydrogen (secondary N) is 2. The summed E-state index contributed by atoms with van der Waals surface area (Å²) in [6.45, 7) is 0.756. The molecule has 0 aliphatic heterocycles. The Balaban J connectivity index is 1.66. The molecule has 0 bridgehead atoms. The third kappa shape index (κ3) is 5.49. The number of nitro groups is 1. The predicted molar refractivity (Wildman–Crippen MR) is 91.8 cm³/mol. The first-order valence-corrected chi connectivity index (χ1v) is 8.48. The molecule has 7 heteroatoms. The van der Waals surface area contributed by atoms with Crippen LogP contribution in [0.5, 0.6) is 0 Å². The van der Waals surface area contributed by atoms with Crippen LogP contribution in [0.3, 0.4) is 0 Å². The summed E-state index contributed by atoms with van der Waals surface area (Å²) in [5.41, 5.74) is 0.861. The zero-order valence-electron chi connectivity index (χ0n) is 13.7. The Kier molecular flexibility index (Phi) is 6.99. The van der Waals surface area contributed by atoms with E-state index in [4.69, 9.17) is 0 Å². The molecule has 2 unspecified atom stereocenters. The number of nitro benzene ring substituents is 1. The molecule has 0 heterocycles. The molecular weight excluding hydrogens is 310 g/mol. The maximum atomic E-state index is 12.0. The van der Waals surface area contributed by atoms with Crippen molar-refractivity contribution in [1.82, 2.24) is 5.32 Å². The topological polar surface area (TPSA) is 104 Å². The normalized spacial score (nSPS) is 20.4. The number of carbonyl (C=O) groups is 1. The van der Waals surface area contributed by atoms with E-state index in [2.05, 4.69) is 10.6 Å². The van der Waals surface area contributed by atoms with Crippen LogP contribution in [0.15, 0.2) is 24.3 Å². The first kappa shape index (κ1) is 18.2. The zero-order valence-corrected chi connectivity index (χ0v) is 13.7. The quantitative estimate of drug-likeness (QED) is 0.384. The van der Waals surface area contributed by atoms with E-state index in [-0.39, 0.29) is 30.2 Å². The first-order valence-electron chi connectivity index (χ1n) is 8.48. The molecule has 24 heavy (non-hydrogen) atoms. The third-order valence-electron chi connectivity index (χ3n) is 4.48. The minimum absolute atomic E-state index is 0.0193. The van der Waals surface area contributed by atoms with Gasteiger partial charge in [-0.1, -0.05) is 12.8 Å². The Morgan fingerprint density at radius 1 is 1.25 bits per heavy atom. The number of hydrogen-bond donors (Lipinski definition) is 3. The van der Waals surface area contributed by atoms with Gasteiger partial charge in [0.1, 0.15) is 0 Å². The van der Waals surface area contributed by atoms with E-state index in [0.717, 1.165) is 31.4 Å². The van der Waals surface area contributed by atoms with Crippen molar-refractivity contribution in [1.29, 1.82) is 0 Å². The van der Waals surface area contributed by atoms with Gasteiger partial charge in [-0.15, -0.1) is 0 Å². The average molecular weight is 335 g/mol. The number of aliphatic hydroxyl groups excluding tert-OH is 1. The molecule has 1 aliphatic carbocycles. The lowest BCUT2D eigenvalue weighted by Crippen LogP contribution is -2.43. The molecule has 0 radical (unpaired) electrons. The molecular formula is C17H25N3O4. The van der Waals surface area contributed by atoms with Crippen molar-refractivity contribution in [3.63, 3.8) is 0 Å². The monoisotopic (exact) mass is 335 g/mol. The van der Waals surface area contributed by atoms with Crippen molar-refractivity contribution in [2.45, 2.75) is 44.6 Å². The second-order valence-corrected chi connectivity index (χ2v) is 6.24. The number of hydrogen-bond acceptors (Lipinski definition) is 5. The number of anilines is 1. The molecule has 0 saturated heterocycles. The van der Waals surface area contributed by atoms with Gasteiger partial charge < -0.3 is 15.7 Å². The summed E-state index contributed by atoms with van der Waals surface area (Å²) in [6.07, 6.45) is 5.25. The standard InChI is InChI=1S/C17H25N3O4/c21-12-13-4-1-2-5-16(13)19-17(22)6-3-11-18-14-7-9-15(10-8-14)20(23)24/h7-10,13,16,18,21H,1-6,11-12H2,(H,19,22). The van der Waals surface area contributed by atoms with Crippen LogP contribution in [0, 0.1) is 16.0 Å². The number of aliphatic hydroxyl groups is 1. The third-order valence-corrected chi connectivity index (χ3v) is 4.48. The van der Waals surface area contributed by atoms with Crippen molar-refractivity contribution in [3.05, 3.63) is 34.4 Å². The summed E-state index contributed by atoms with van der Waals surface area (Å²) in [5.74, 6) is 0.201. The molecule has 2 rings (SSSR count). The Bertz CT molecular complexity index is 547. The molecule has 132 valence electrons. The lowest BCUT2D eigenvalue weighted by Gasteiger charge is -2.30. The van der Waals surface area contributed by atoms with Crippen LogP contribution in [0.4, 0.5) is 11.4 Å². The van der Waals surface area contributed by atoms with Crippen LogP contribution < -0.4 is 10.6 Å². The molecule has 7 nitrogen and oxygen atoms in total. The summed E-state index contributed by atoms with van der Waals surface area (Å²) in [7, 11) is 0. The van der Waals surface area contributed by atoms with Gasteiger partial charge in [0.2, 0.25) is 5.91 Å². The molecule has 2 atom stereocenters. The van der Waals surface area contributed by atoms with E-state index in [0.29, 0.717) is 19.4 Å². The Labute approximate surface area is 141 Å². The fraction of sp³-hybridized carbons (Fsp3) is 0.588. The number of rotatable bonds is 8. The summed E-state index contributed by atoms with van der Waals surface area (Å²) in [5, 5.41) is 26.1. The number of non-ortho nitro benzene ring substituents is 1. The SMILES string of the molecule is O=C(CCCNc1ccc([N+](=O)[O-])cc1)NC1CCCCC1CO. The lowest BCUT2D eigenvalue weighted by molar-refractivity contribution is -0.384. The number of amides is 1. The van der Waals surface area contributed by atoms with Gasteiger partial charge in [-0.05, 0) is 31.4 Å². The lowest BCUT2D eigenvalue weighted by atomic mass is 9.85. The highest BCUT2D eigenvalue weighted by Crippen LogP contribution is 2.24. The zero-order chi connectivity index (χ0) is 17.4. The van der Waals surface area contributed by atoms with Gasteiger partial charge >= 0.3 is 0 Å². The highest BCUT2D eigenvalue weighted by molar-refractivity contribution is 5.76. The Morgan fingerprint density at radius 3 is 2.62 bits per heavy atom.